The van der Waals surface area contributed by atoms with E-state index in [0.717, 1.165) is 48.6 Å². The maximum absolute atomic E-state index is 13.2. The fourth-order valence-corrected chi connectivity index (χ4v) is 9.72. The molecule has 0 aromatic carbocycles. The molecule has 408 valence electrons. The van der Waals surface area contributed by atoms with Crippen molar-refractivity contribution in [2.75, 3.05) is 44.3 Å². The molecule has 12 rings (SSSR count). The highest BCUT2D eigenvalue weighted by Gasteiger charge is 2.49. The maximum atomic E-state index is 13.2. The number of aliphatic hydroxyl groups is 2. The van der Waals surface area contributed by atoms with Crippen molar-refractivity contribution in [1.29, 1.82) is 10.5 Å². The number of hydrogen-bond acceptors (Lipinski definition) is 16. The molecule has 3 N–H and O–H groups in total. The Bertz CT molecular complexity index is 3200. The van der Waals surface area contributed by atoms with E-state index in [0.29, 0.717) is 75.7 Å². The van der Waals surface area contributed by atoms with E-state index in [9.17, 15) is 34.7 Å². The minimum absolute atomic E-state index is 0.0901. The minimum Gasteiger partial charge on any atom is -0.489 e. The number of pyridine rings is 4. The van der Waals surface area contributed by atoms with Gasteiger partial charge in [-0.05, 0) is 132 Å². The van der Waals surface area contributed by atoms with Crippen LogP contribution in [-0.4, -0.2) is 147 Å². The number of aromatic nitrogens is 6. The van der Waals surface area contributed by atoms with Gasteiger partial charge in [-0.1, -0.05) is 0 Å². The molecule has 12 heterocycles. The number of hydrogen-bond donors (Lipinski definition) is 3. The Morgan fingerprint density at radius 3 is 1.47 bits per heavy atom. The van der Waals surface area contributed by atoms with Crippen molar-refractivity contribution < 1.29 is 43.1 Å². The zero-order valence-corrected chi connectivity index (χ0v) is 45.9. The van der Waals surface area contributed by atoms with Crippen molar-refractivity contribution in [1.82, 2.24) is 44.3 Å². The number of ether oxygens (including phenoxy) is 4. The van der Waals surface area contributed by atoms with Crippen LogP contribution in [0, 0.1) is 42.5 Å². The van der Waals surface area contributed by atoms with Gasteiger partial charge in [0, 0.05) is 72.9 Å². The first-order valence-corrected chi connectivity index (χ1v) is 25.7. The van der Waals surface area contributed by atoms with Crippen molar-refractivity contribution in [3.63, 3.8) is 0 Å². The number of anilines is 1. The van der Waals surface area contributed by atoms with Gasteiger partial charge in [-0.2, -0.15) is 25.1 Å². The molecule has 4 atom stereocenters. The smallest absolute Gasteiger partial charge is 0.410 e. The van der Waals surface area contributed by atoms with Gasteiger partial charge in [-0.25, -0.2) is 28.6 Å². The summed E-state index contributed by atoms with van der Waals surface area (Å²) in [4.78, 5) is 38.7. The highest BCUT2D eigenvalue weighted by atomic mass is 19.1. The molecule has 20 nitrogen and oxygen atoms in total. The molecule has 0 spiro atoms. The molecule has 0 aliphatic carbocycles. The van der Waals surface area contributed by atoms with Crippen LogP contribution >= 0.6 is 0 Å². The van der Waals surface area contributed by atoms with Crippen LogP contribution in [0.3, 0.4) is 0 Å². The SMILES string of the molecule is CC(C)(C)OC(=O)N1C2CNCC1C2.Cc1c(OCC(C)(C)O)cc(-c2ccc(F)nc2)c2c(C#N)cnn12.Cc1c(OCC(C)(C)O)cc(-c2ccc(N3CC4CC(C3)N4C(=O)OC(C)(C)C)nc2)c2c(C#N)cnn12. The molecule has 2 amide bonds. The Morgan fingerprint density at radius 1 is 0.662 bits per heavy atom. The molecular formula is C56H69FN12O8. The molecule has 6 aliphatic rings. The van der Waals surface area contributed by atoms with Crippen LogP contribution in [0.4, 0.5) is 19.8 Å². The van der Waals surface area contributed by atoms with Crippen LogP contribution in [0.25, 0.3) is 33.3 Å². The van der Waals surface area contributed by atoms with E-state index < -0.39 is 22.8 Å². The van der Waals surface area contributed by atoms with E-state index in [-0.39, 0.29) is 43.1 Å². The number of amides is 2. The van der Waals surface area contributed by atoms with Gasteiger partial charge in [0.05, 0.1) is 69.2 Å². The third-order valence-electron chi connectivity index (χ3n) is 13.3. The molecule has 6 aromatic rings. The van der Waals surface area contributed by atoms with Crippen LogP contribution < -0.4 is 19.7 Å². The molecule has 4 unspecified atom stereocenters. The van der Waals surface area contributed by atoms with Crippen molar-refractivity contribution in [3.05, 3.63) is 89.6 Å². The second-order valence-corrected chi connectivity index (χ2v) is 23.3. The number of rotatable bonds is 9. The Kier molecular flexibility index (Phi) is 15.5. The molecule has 6 fully saturated rings. The number of piperazine rings is 2. The summed E-state index contributed by atoms with van der Waals surface area (Å²) in [6.45, 7) is 25.1. The van der Waals surface area contributed by atoms with Gasteiger partial charge in [-0.15, -0.1) is 0 Å². The fraction of sp³-hybridized carbons (Fsp3) is 0.500. The zero-order valence-electron chi connectivity index (χ0n) is 45.9. The monoisotopic (exact) mass is 1060 g/mol. The van der Waals surface area contributed by atoms with E-state index in [2.05, 4.69) is 37.5 Å². The molecular weight excluding hydrogens is 988 g/mol. The van der Waals surface area contributed by atoms with Gasteiger partial charge < -0.3 is 39.4 Å². The lowest BCUT2D eigenvalue weighted by molar-refractivity contribution is -0.0440. The lowest BCUT2D eigenvalue weighted by Gasteiger charge is -2.56. The van der Waals surface area contributed by atoms with Gasteiger partial charge in [0.2, 0.25) is 5.95 Å². The average Bonchev–Trinajstić information content (AvgIpc) is 4.05. The highest BCUT2D eigenvalue weighted by Crippen LogP contribution is 2.38. The molecule has 6 aliphatic heterocycles. The molecule has 6 aromatic heterocycles. The molecule has 77 heavy (non-hydrogen) atoms. The summed E-state index contributed by atoms with van der Waals surface area (Å²) < 4.78 is 39.1. The Labute approximate surface area is 447 Å². The predicted molar refractivity (Wildman–Crippen MR) is 285 cm³/mol. The first-order valence-electron chi connectivity index (χ1n) is 25.7. The summed E-state index contributed by atoms with van der Waals surface area (Å²) >= 11 is 0. The van der Waals surface area contributed by atoms with Gasteiger partial charge >= 0.3 is 12.2 Å². The van der Waals surface area contributed by atoms with Crippen LogP contribution in [0.2, 0.25) is 0 Å². The predicted octanol–water partition coefficient (Wildman–Crippen LogP) is 7.76. The van der Waals surface area contributed by atoms with E-state index >= 15 is 0 Å². The lowest BCUT2D eigenvalue weighted by Crippen LogP contribution is -2.70. The fourth-order valence-electron chi connectivity index (χ4n) is 9.72. The summed E-state index contributed by atoms with van der Waals surface area (Å²) in [7, 11) is 0. The Morgan fingerprint density at radius 2 is 1.09 bits per heavy atom. The van der Waals surface area contributed by atoms with Crippen molar-refractivity contribution in [2.24, 2.45) is 0 Å². The Hall–Kier alpha value is -7.59. The second kappa shape index (κ2) is 21.4. The van der Waals surface area contributed by atoms with Gasteiger partial charge in [0.25, 0.3) is 0 Å². The van der Waals surface area contributed by atoms with Gasteiger partial charge in [-0.3, -0.25) is 9.80 Å². The van der Waals surface area contributed by atoms with Gasteiger partial charge in [0.15, 0.2) is 0 Å². The number of carbonyl (C=O) groups excluding carboxylic acids is 2. The molecule has 6 saturated heterocycles. The van der Waals surface area contributed by atoms with Crippen LogP contribution in [0.5, 0.6) is 11.5 Å². The summed E-state index contributed by atoms with van der Waals surface area (Å²) in [5.41, 5.74) is 3.56. The summed E-state index contributed by atoms with van der Waals surface area (Å²) in [6, 6.07) is 15.7. The largest absolute Gasteiger partial charge is 0.489 e. The highest BCUT2D eigenvalue weighted by molar-refractivity contribution is 5.87. The number of halogens is 1. The van der Waals surface area contributed by atoms with E-state index in [1.54, 1.807) is 61.3 Å². The number of nitriles is 2. The number of piperidine rings is 2. The molecule has 0 radical (unpaired) electrons. The van der Waals surface area contributed by atoms with Crippen molar-refractivity contribution in [3.8, 4) is 45.9 Å². The first kappa shape index (κ1) is 55.6. The topological polar surface area (TPSA) is 241 Å². The average molecular weight is 1060 g/mol. The van der Waals surface area contributed by atoms with Gasteiger partial charge in [0.1, 0.15) is 53.9 Å². The lowest BCUT2D eigenvalue weighted by atomic mass is 9.88. The summed E-state index contributed by atoms with van der Waals surface area (Å²) in [5.74, 6) is 1.34. The van der Waals surface area contributed by atoms with Crippen LogP contribution in [0.15, 0.2) is 61.2 Å². The normalized spacial score (nSPS) is 18.8. The summed E-state index contributed by atoms with van der Waals surface area (Å²) in [6.07, 6.45) is 7.91. The number of aryl methyl sites for hydroxylation is 2. The number of fused-ring (bicyclic) bond motifs is 6. The van der Waals surface area contributed by atoms with E-state index in [1.165, 1.54) is 18.5 Å². The quantitative estimate of drug-likeness (QED) is 0.117. The maximum Gasteiger partial charge on any atom is 0.410 e. The number of carbonyl (C=O) groups is 2. The third kappa shape index (κ3) is 12.7. The molecule has 4 bridgehead atoms. The molecule has 21 heteroatoms. The molecule has 0 saturated carbocycles. The van der Waals surface area contributed by atoms with Crippen molar-refractivity contribution >= 4 is 29.0 Å². The minimum atomic E-state index is -0.999. The number of nitrogens with zero attached hydrogens (tertiary/aromatic N) is 11. The number of nitrogens with one attached hydrogen (secondary N) is 1. The first-order chi connectivity index (χ1) is 36.1. The van der Waals surface area contributed by atoms with E-state index in [4.69, 9.17) is 23.9 Å². The standard InChI is InChI=1S/C28H34N6O4.C18H17FN4O2.C10H18N2O2/c1-17-23(37-16-28(5,6)36)10-22(25-19(11-29)13-31-34(17)25)18-7-8-24(30-12-18)32-14-20-9-21(15-32)33(20)26(35)38-27(2,3)4;1-11-15(25-10-18(2,3)24)6-14(12-4-5-16(19)21-8-12)17-13(7-20)9-22-23(11)17;1-10(2,3)14-9(13)12-7-4-8(12)6-11-5-7/h7-8,10,12-13,20-21,36H,9,14-16H2,1-6H3;4-6,8-9,24H,10H2,1-3H3;7-8,11H,4-6H2,1-3H3. The van der Waals surface area contributed by atoms with Crippen LogP contribution in [0.1, 0.15) is 105 Å². The zero-order chi connectivity index (χ0) is 55.9. The third-order valence-corrected chi connectivity index (χ3v) is 13.3. The van der Waals surface area contributed by atoms with Crippen molar-refractivity contribution in [2.45, 2.75) is 142 Å². The van der Waals surface area contributed by atoms with E-state index in [1.807, 2.05) is 83.4 Å². The Balaban J connectivity index is 0.000000171. The van der Waals surface area contributed by atoms with Crippen LogP contribution in [-0.2, 0) is 9.47 Å². The summed E-state index contributed by atoms with van der Waals surface area (Å²) in [5, 5.41) is 51.1. The second-order valence-electron chi connectivity index (χ2n) is 23.3.